The van der Waals surface area contributed by atoms with Gasteiger partial charge in [-0.1, -0.05) is 289 Å². The van der Waals surface area contributed by atoms with E-state index in [1.807, 2.05) is 24.3 Å². The lowest BCUT2D eigenvalue weighted by Crippen LogP contribution is -2.61. The summed E-state index contributed by atoms with van der Waals surface area (Å²) in [5, 5.41) is 16.3. The van der Waals surface area contributed by atoms with E-state index in [2.05, 4.69) is 386 Å². The Bertz CT molecular complexity index is 6040. The fourth-order valence-electron chi connectivity index (χ4n) is 17.3. The maximum absolute atomic E-state index is 11.6. The standard InChI is InChI=1S/C102H85BN6/c1-99(2,3)69-36-29-34-65(53-69)81-57-71(101(7,8)9)59-83(75-38-18-17-33-67(75)63-104)97(81)108-92-61-73(106-88-45-25-20-40-77(88)78-41-21-26-46-89(78)106)49-51-85(92)103-86-52-50-74(107-90-47-27-22-42-79(90)80-43-23-28-48-91(80)107)62-93(86)109(95-56-68(55-94(108)96(95)103)64-31-15-14-16-32-64)98-82(66-35-30-37-70(54-66)100(4,5)6)58-72(102(10,11)12)60-84(98)76-39-19-24-44-87(76)105-13/h14-62H,1-12H3. The average Bonchev–Trinajstić information content (AvgIpc) is 1.08. The number of nitrogens with zero attached hydrogens (tertiary/aromatic N) is 6. The molecule has 526 valence electrons. The third-order valence-corrected chi connectivity index (χ3v) is 23.0. The number of anilines is 6. The number of rotatable bonds is 9. The summed E-state index contributed by atoms with van der Waals surface area (Å²) in [6.45, 7) is 36.4. The van der Waals surface area contributed by atoms with Crippen molar-refractivity contribution >= 4 is 107 Å². The smallest absolute Gasteiger partial charge is 0.252 e. The summed E-state index contributed by atoms with van der Waals surface area (Å²) < 4.78 is 4.92. The lowest BCUT2D eigenvalue weighted by atomic mass is 9.33. The van der Waals surface area contributed by atoms with Crippen molar-refractivity contribution in [2.45, 2.75) is 105 Å². The molecule has 0 N–H and O–H groups in total. The number of benzene rings is 14. The maximum atomic E-state index is 11.6. The summed E-state index contributed by atoms with van der Waals surface area (Å²) in [7, 11) is 0. The number of aromatic nitrogens is 2. The highest BCUT2D eigenvalue weighted by molar-refractivity contribution is 7.00. The van der Waals surface area contributed by atoms with Crippen molar-refractivity contribution in [1.82, 2.24) is 9.13 Å². The molecule has 0 aliphatic carbocycles. The van der Waals surface area contributed by atoms with Crippen molar-refractivity contribution in [3.8, 4) is 73.1 Å². The first-order chi connectivity index (χ1) is 52.5. The van der Waals surface area contributed by atoms with E-state index in [0.29, 0.717) is 11.3 Å². The van der Waals surface area contributed by atoms with Gasteiger partial charge in [0, 0.05) is 77.9 Å². The molecule has 0 fully saturated rings. The van der Waals surface area contributed by atoms with Crippen molar-refractivity contribution in [2.75, 3.05) is 9.80 Å². The van der Waals surface area contributed by atoms with Crippen LogP contribution in [0.1, 0.15) is 111 Å². The average molecular weight is 1410 g/mol. The fraction of sp³-hybridized carbons (Fsp3) is 0.157. The first-order valence-corrected chi connectivity index (χ1v) is 38.2. The molecule has 0 unspecified atom stereocenters. The van der Waals surface area contributed by atoms with Crippen molar-refractivity contribution in [1.29, 1.82) is 5.26 Å². The molecule has 0 saturated carbocycles. The van der Waals surface area contributed by atoms with E-state index in [4.69, 9.17) is 6.57 Å². The Balaban J connectivity index is 1.07. The van der Waals surface area contributed by atoms with E-state index in [-0.39, 0.29) is 28.4 Å². The molecular weight excluding hydrogens is 1320 g/mol. The zero-order valence-electron chi connectivity index (χ0n) is 64.1. The lowest BCUT2D eigenvalue weighted by molar-refractivity contribution is 0.589. The number of para-hydroxylation sites is 5. The molecule has 0 bridgehead atoms. The molecule has 4 heterocycles. The van der Waals surface area contributed by atoms with Crippen molar-refractivity contribution < 1.29 is 0 Å². The van der Waals surface area contributed by atoms with E-state index in [1.54, 1.807) is 0 Å². The van der Waals surface area contributed by atoms with Gasteiger partial charge in [0.25, 0.3) is 6.71 Å². The molecule has 16 aromatic rings. The highest BCUT2D eigenvalue weighted by Crippen LogP contribution is 2.57. The van der Waals surface area contributed by atoms with E-state index < -0.39 is 0 Å². The second-order valence-corrected chi connectivity index (χ2v) is 33.9. The van der Waals surface area contributed by atoms with Gasteiger partial charge in [-0.05, 0) is 185 Å². The molecule has 18 rings (SSSR count). The third kappa shape index (κ3) is 11.3. The topological polar surface area (TPSA) is 44.5 Å². The molecule has 6 nitrogen and oxygen atoms in total. The Kier molecular flexibility index (Phi) is 16.0. The summed E-state index contributed by atoms with van der Waals surface area (Å²) in [5.41, 5.74) is 30.7. The van der Waals surface area contributed by atoms with Crippen LogP contribution >= 0.6 is 0 Å². The second kappa shape index (κ2) is 25.5. The minimum absolute atomic E-state index is 0.189. The van der Waals surface area contributed by atoms with Crippen molar-refractivity contribution in [3.63, 3.8) is 0 Å². The van der Waals surface area contributed by atoms with Gasteiger partial charge in [-0.3, -0.25) is 0 Å². The van der Waals surface area contributed by atoms with Gasteiger partial charge in [-0.15, -0.1) is 0 Å². The zero-order valence-corrected chi connectivity index (χ0v) is 64.1. The van der Waals surface area contributed by atoms with Crippen LogP contribution in [0.5, 0.6) is 0 Å². The first kappa shape index (κ1) is 68.2. The molecule has 2 aliphatic rings. The first-order valence-electron chi connectivity index (χ1n) is 38.2. The third-order valence-electron chi connectivity index (χ3n) is 23.0. The van der Waals surface area contributed by atoms with Crippen LogP contribution in [0.4, 0.5) is 39.8 Å². The highest BCUT2D eigenvalue weighted by Gasteiger charge is 2.47. The number of hydrogen-bond donors (Lipinski definition) is 0. The molecule has 0 spiro atoms. The van der Waals surface area contributed by atoms with Gasteiger partial charge in [-0.25, -0.2) is 4.85 Å². The summed E-state index contributed by atoms with van der Waals surface area (Å²) in [6, 6.07) is 113. The van der Waals surface area contributed by atoms with Crippen LogP contribution in [0.3, 0.4) is 0 Å². The molecular formula is C102H85BN6. The Labute approximate surface area is 641 Å². The van der Waals surface area contributed by atoms with E-state index >= 15 is 0 Å². The molecule has 0 atom stereocenters. The predicted molar refractivity (Wildman–Crippen MR) is 462 cm³/mol. The van der Waals surface area contributed by atoms with Gasteiger partial charge in [-0.2, -0.15) is 5.26 Å². The molecule has 2 aromatic heterocycles. The molecule has 109 heavy (non-hydrogen) atoms. The number of fused-ring (bicyclic) bond motifs is 10. The maximum Gasteiger partial charge on any atom is 0.252 e. The number of hydrogen-bond acceptors (Lipinski definition) is 3. The summed E-state index contributed by atoms with van der Waals surface area (Å²) in [5.74, 6) is 0. The molecule has 2 aliphatic heterocycles. The monoisotopic (exact) mass is 1400 g/mol. The van der Waals surface area contributed by atoms with Crippen LogP contribution in [-0.4, -0.2) is 15.8 Å². The Morgan fingerprint density at radius 3 is 1.12 bits per heavy atom. The van der Waals surface area contributed by atoms with Crippen LogP contribution in [-0.2, 0) is 21.7 Å². The van der Waals surface area contributed by atoms with Gasteiger partial charge in [0.05, 0.1) is 51.6 Å². The second-order valence-electron chi connectivity index (χ2n) is 33.9. The van der Waals surface area contributed by atoms with Crippen molar-refractivity contribution in [3.05, 3.63) is 336 Å². The normalized spacial score (nSPS) is 12.9. The molecule has 7 heteroatoms. The fourth-order valence-corrected chi connectivity index (χ4v) is 17.3. The lowest BCUT2D eigenvalue weighted by Gasteiger charge is -2.46. The Morgan fingerprint density at radius 2 is 0.688 bits per heavy atom. The Morgan fingerprint density at radius 1 is 0.312 bits per heavy atom. The van der Waals surface area contributed by atoms with Crippen LogP contribution in [0.15, 0.2) is 297 Å². The van der Waals surface area contributed by atoms with Gasteiger partial charge in [0.2, 0.25) is 0 Å². The van der Waals surface area contributed by atoms with Gasteiger partial charge in [0.15, 0.2) is 5.69 Å². The minimum atomic E-state index is -0.372. The van der Waals surface area contributed by atoms with Crippen LogP contribution in [0, 0.1) is 17.9 Å². The highest BCUT2D eigenvalue weighted by atomic mass is 15.2. The largest absolute Gasteiger partial charge is 0.310 e. The zero-order chi connectivity index (χ0) is 75.2. The van der Waals surface area contributed by atoms with E-state index in [0.717, 1.165) is 151 Å². The van der Waals surface area contributed by atoms with Crippen LogP contribution < -0.4 is 26.2 Å². The number of nitriles is 1. The molecule has 0 amide bonds. The van der Waals surface area contributed by atoms with E-state index in [1.165, 1.54) is 32.7 Å². The van der Waals surface area contributed by atoms with Crippen LogP contribution in [0.25, 0.3) is 115 Å². The molecule has 0 saturated heterocycles. The van der Waals surface area contributed by atoms with Gasteiger partial charge >= 0.3 is 0 Å². The summed E-state index contributed by atoms with van der Waals surface area (Å²) in [6.07, 6.45) is 0. The molecule has 0 radical (unpaired) electrons. The SMILES string of the molecule is [C-]#[N+]c1ccccc1-c1cc(C(C)(C)C)cc(-c2cccc(C(C)(C)C)c2)c1N1c2cc(-n3c4ccccc4c4ccccc43)ccc2B2c3ccc(-n4c5ccccc5c5ccccc54)cc3N(c3c(-c4cccc(C(C)(C)C)c4)cc(C(C)(C)C)cc3-c3ccccc3C#N)c3cc(-c4ccccc4)cc1c32. The van der Waals surface area contributed by atoms with Gasteiger partial charge in [0.1, 0.15) is 0 Å². The molecule has 14 aromatic carbocycles. The summed E-state index contributed by atoms with van der Waals surface area (Å²) >= 11 is 0. The predicted octanol–water partition coefficient (Wildman–Crippen LogP) is 25.9. The summed E-state index contributed by atoms with van der Waals surface area (Å²) in [4.78, 5) is 9.68. The minimum Gasteiger partial charge on any atom is -0.310 e. The van der Waals surface area contributed by atoms with Crippen molar-refractivity contribution in [2.24, 2.45) is 0 Å². The Hall–Kier alpha value is -12.7. The quantitative estimate of drug-likeness (QED) is 0.107. The van der Waals surface area contributed by atoms with Gasteiger partial charge < -0.3 is 18.9 Å². The van der Waals surface area contributed by atoms with Crippen LogP contribution in [0.2, 0.25) is 0 Å². The van der Waals surface area contributed by atoms with E-state index in [9.17, 15) is 5.26 Å².